The molecule has 19 heavy (non-hydrogen) atoms. The second-order valence-corrected chi connectivity index (χ2v) is 6.38. The molecule has 104 valence electrons. The number of rotatable bonds is 3. The SMILES string of the molecule is COc1nc(B2OC(C)(C)C(C)(C)O2)cn1C1CC1. The fraction of sp³-hybridized carbons (Fsp3) is 0.769. The van der Waals surface area contributed by atoms with E-state index in [1.54, 1.807) is 7.11 Å². The van der Waals surface area contributed by atoms with Gasteiger partial charge < -0.3 is 14.0 Å². The van der Waals surface area contributed by atoms with Crippen LogP contribution in [-0.4, -0.2) is 35.0 Å². The molecule has 1 aromatic rings. The molecule has 0 atom stereocenters. The molecular formula is C13H21BN2O3. The normalized spacial score (nSPS) is 24.8. The summed E-state index contributed by atoms with van der Waals surface area (Å²) in [6.07, 6.45) is 4.38. The van der Waals surface area contributed by atoms with E-state index in [1.807, 2.05) is 33.9 Å². The van der Waals surface area contributed by atoms with Crippen molar-refractivity contribution in [2.45, 2.75) is 57.8 Å². The number of aromatic nitrogens is 2. The molecule has 1 saturated carbocycles. The Morgan fingerprint density at radius 3 is 2.32 bits per heavy atom. The topological polar surface area (TPSA) is 45.5 Å². The molecule has 1 saturated heterocycles. The molecule has 1 aromatic heterocycles. The lowest BCUT2D eigenvalue weighted by atomic mass is 9.86. The third-order valence-corrected chi connectivity index (χ3v) is 4.33. The Bertz CT molecular complexity index is 478. The lowest BCUT2D eigenvalue weighted by molar-refractivity contribution is 0.00578. The highest BCUT2D eigenvalue weighted by Gasteiger charge is 2.53. The number of hydrogen-bond acceptors (Lipinski definition) is 4. The predicted octanol–water partition coefficient (Wildman–Crippen LogP) is 1.53. The van der Waals surface area contributed by atoms with Crippen LogP contribution in [0.5, 0.6) is 6.01 Å². The molecule has 2 heterocycles. The molecule has 1 aliphatic heterocycles. The molecule has 0 radical (unpaired) electrons. The molecule has 6 heteroatoms. The van der Waals surface area contributed by atoms with Gasteiger partial charge in [0.15, 0.2) is 0 Å². The van der Waals surface area contributed by atoms with E-state index < -0.39 is 7.12 Å². The lowest BCUT2D eigenvalue weighted by Gasteiger charge is -2.32. The smallest absolute Gasteiger partial charge is 0.468 e. The van der Waals surface area contributed by atoms with Crippen molar-refractivity contribution in [3.63, 3.8) is 0 Å². The van der Waals surface area contributed by atoms with Crippen LogP contribution in [-0.2, 0) is 9.31 Å². The minimum Gasteiger partial charge on any atom is -0.468 e. The van der Waals surface area contributed by atoms with Crippen molar-refractivity contribution in [2.75, 3.05) is 7.11 Å². The largest absolute Gasteiger partial charge is 0.516 e. The van der Waals surface area contributed by atoms with Crippen LogP contribution in [0.2, 0.25) is 0 Å². The number of nitrogens with zero attached hydrogens (tertiary/aromatic N) is 2. The molecule has 0 spiro atoms. The average molecular weight is 264 g/mol. The Hall–Kier alpha value is -1.01. The summed E-state index contributed by atoms with van der Waals surface area (Å²) in [5, 5.41) is 0. The van der Waals surface area contributed by atoms with Gasteiger partial charge in [-0.2, -0.15) is 0 Å². The summed E-state index contributed by atoms with van der Waals surface area (Å²) in [5.74, 6) is 0. The van der Waals surface area contributed by atoms with Crippen molar-refractivity contribution in [3.05, 3.63) is 6.20 Å². The van der Waals surface area contributed by atoms with Crippen molar-refractivity contribution in [1.29, 1.82) is 0 Å². The van der Waals surface area contributed by atoms with E-state index in [1.165, 1.54) is 12.8 Å². The minimum atomic E-state index is -0.418. The van der Waals surface area contributed by atoms with E-state index in [2.05, 4.69) is 9.55 Å². The Labute approximate surface area is 114 Å². The van der Waals surface area contributed by atoms with Crippen LogP contribution >= 0.6 is 0 Å². The average Bonchev–Trinajstić information content (AvgIpc) is 3.01. The molecule has 0 N–H and O–H groups in total. The Morgan fingerprint density at radius 1 is 1.26 bits per heavy atom. The summed E-state index contributed by atoms with van der Waals surface area (Å²) in [7, 11) is 1.23. The van der Waals surface area contributed by atoms with Crippen LogP contribution in [0.3, 0.4) is 0 Å². The van der Waals surface area contributed by atoms with Crippen LogP contribution in [0.25, 0.3) is 0 Å². The first kappa shape index (κ1) is 13.0. The molecule has 3 rings (SSSR count). The standard InChI is InChI=1S/C13H21BN2O3/c1-12(2)13(3,4)19-14(18-12)10-8-16(9-6-7-9)11(15-10)17-5/h8-9H,6-7H2,1-5H3. The first-order valence-corrected chi connectivity index (χ1v) is 6.82. The van der Waals surface area contributed by atoms with E-state index >= 15 is 0 Å². The highest BCUT2D eigenvalue weighted by Crippen LogP contribution is 2.39. The quantitative estimate of drug-likeness (QED) is 0.776. The summed E-state index contributed by atoms with van der Waals surface area (Å²) in [6, 6.07) is 1.17. The van der Waals surface area contributed by atoms with Gasteiger partial charge in [-0.1, -0.05) is 0 Å². The number of imidazole rings is 1. The Morgan fingerprint density at radius 2 is 1.84 bits per heavy atom. The Balaban J connectivity index is 1.88. The summed E-state index contributed by atoms with van der Waals surface area (Å²) in [5.41, 5.74) is 0.116. The second-order valence-electron chi connectivity index (χ2n) is 6.38. The fourth-order valence-corrected chi connectivity index (χ4v) is 2.24. The van der Waals surface area contributed by atoms with Crippen LogP contribution in [0, 0.1) is 0 Å². The number of methoxy groups -OCH3 is 1. The zero-order valence-corrected chi connectivity index (χ0v) is 12.3. The van der Waals surface area contributed by atoms with E-state index in [9.17, 15) is 0 Å². The monoisotopic (exact) mass is 264 g/mol. The van der Waals surface area contributed by atoms with Crippen LogP contribution in [0.4, 0.5) is 0 Å². The first-order chi connectivity index (χ1) is 8.84. The van der Waals surface area contributed by atoms with Gasteiger partial charge in [-0.15, -0.1) is 0 Å². The van der Waals surface area contributed by atoms with Crippen molar-refractivity contribution in [2.24, 2.45) is 0 Å². The van der Waals surface area contributed by atoms with Crippen molar-refractivity contribution in [1.82, 2.24) is 9.55 Å². The minimum absolute atomic E-state index is 0.339. The van der Waals surface area contributed by atoms with Gasteiger partial charge in [0.25, 0.3) is 6.01 Å². The first-order valence-electron chi connectivity index (χ1n) is 6.82. The van der Waals surface area contributed by atoms with Gasteiger partial charge in [-0.05, 0) is 40.5 Å². The van der Waals surface area contributed by atoms with Gasteiger partial charge in [0.2, 0.25) is 0 Å². The maximum Gasteiger partial charge on any atom is 0.516 e. The van der Waals surface area contributed by atoms with E-state index in [0.29, 0.717) is 12.1 Å². The van der Waals surface area contributed by atoms with Gasteiger partial charge in [0.1, 0.15) is 0 Å². The fourth-order valence-electron chi connectivity index (χ4n) is 2.24. The molecule has 2 aliphatic rings. The number of hydrogen-bond donors (Lipinski definition) is 0. The van der Waals surface area contributed by atoms with Crippen LogP contribution < -0.4 is 10.3 Å². The third-order valence-electron chi connectivity index (χ3n) is 4.33. The summed E-state index contributed by atoms with van der Waals surface area (Å²) >= 11 is 0. The van der Waals surface area contributed by atoms with Crippen molar-refractivity contribution in [3.8, 4) is 6.01 Å². The van der Waals surface area contributed by atoms with Gasteiger partial charge in [-0.3, -0.25) is 4.57 Å². The highest BCUT2D eigenvalue weighted by atomic mass is 16.7. The predicted molar refractivity (Wildman–Crippen MR) is 72.8 cm³/mol. The van der Waals surface area contributed by atoms with Gasteiger partial charge in [0, 0.05) is 12.2 Å². The Kier molecular flexibility index (Phi) is 2.73. The molecule has 0 unspecified atom stereocenters. The molecular weight excluding hydrogens is 243 g/mol. The third kappa shape index (κ3) is 2.07. The van der Waals surface area contributed by atoms with E-state index in [0.717, 1.165) is 5.59 Å². The van der Waals surface area contributed by atoms with Crippen LogP contribution in [0.15, 0.2) is 6.20 Å². The molecule has 1 aliphatic carbocycles. The van der Waals surface area contributed by atoms with E-state index in [-0.39, 0.29) is 11.2 Å². The zero-order chi connectivity index (χ0) is 13.8. The van der Waals surface area contributed by atoms with Crippen LogP contribution in [0.1, 0.15) is 46.6 Å². The molecule has 0 aromatic carbocycles. The molecule has 5 nitrogen and oxygen atoms in total. The van der Waals surface area contributed by atoms with Gasteiger partial charge in [0.05, 0.1) is 23.9 Å². The summed E-state index contributed by atoms with van der Waals surface area (Å²) in [6.45, 7) is 8.18. The van der Waals surface area contributed by atoms with Gasteiger partial charge in [-0.25, -0.2) is 4.98 Å². The molecule has 0 amide bonds. The maximum atomic E-state index is 6.01. The van der Waals surface area contributed by atoms with E-state index in [4.69, 9.17) is 14.0 Å². The summed E-state index contributed by atoms with van der Waals surface area (Å²) in [4.78, 5) is 4.49. The lowest BCUT2D eigenvalue weighted by Crippen LogP contribution is -2.41. The summed E-state index contributed by atoms with van der Waals surface area (Å²) < 4.78 is 19.4. The highest BCUT2D eigenvalue weighted by molar-refractivity contribution is 6.61. The number of ether oxygens (including phenoxy) is 1. The van der Waals surface area contributed by atoms with Crippen molar-refractivity contribution >= 4 is 12.7 Å². The molecule has 2 fully saturated rings. The maximum absolute atomic E-state index is 6.01. The zero-order valence-electron chi connectivity index (χ0n) is 12.3. The van der Waals surface area contributed by atoms with Crippen molar-refractivity contribution < 1.29 is 14.0 Å². The molecule has 0 bridgehead atoms. The van der Waals surface area contributed by atoms with Gasteiger partial charge >= 0.3 is 7.12 Å². The second kappa shape index (κ2) is 3.99.